The Balaban J connectivity index is 0.721. The maximum atomic E-state index is 11.8. The number of rotatable bonds is 15. The molecule has 75 heavy (non-hydrogen) atoms. The predicted octanol–water partition coefficient (Wildman–Crippen LogP) is 8.20. The zero-order valence-corrected chi connectivity index (χ0v) is 43.5. The van der Waals surface area contributed by atoms with Crippen LogP contribution in [-0.4, -0.2) is 141 Å². The largest absolute Gasteiger partial charge is 0.468 e. The Morgan fingerprint density at radius 2 is 1.20 bits per heavy atom. The van der Waals surface area contributed by atoms with Crippen LogP contribution in [0.15, 0.2) is 61.2 Å². The Bertz CT molecular complexity index is 2840. The molecule has 2 aliphatic carbocycles. The van der Waals surface area contributed by atoms with E-state index >= 15 is 0 Å². The number of hydrogen-bond acceptors (Lipinski definition) is 18. The van der Waals surface area contributed by atoms with Crippen LogP contribution >= 0.6 is 0 Å². The minimum Gasteiger partial charge on any atom is -0.468 e. The summed E-state index contributed by atoms with van der Waals surface area (Å²) in [6, 6.07) is 17.6. The number of hydrogen-bond donors (Lipinski definition) is 5. The fourth-order valence-electron chi connectivity index (χ4n) is 12.4. The molecular formula is C55H74N16O4. The van der Waals surface area contributed by atoms with Crippen LogP contribution in [0, 0.1) is 11.8 Å². The summed E-state index contributed by atoms with van der Waals surface area (Å²) in [6.45, 7) is 9.06. The Hall–Kier alpha value is -6.35. The minimum atomic E-state index is -0.196. The van der Waals surface area contributed by atoms with Crippen molar-refractivity contribution in [2.24, 2.45) is 11.8 Å². The number of carbonyl (C=O) groups is 1. The van der Waals surface area contributed by atoms with Gasteiger partial charge in [-0.1, -0.05) is 25.7 Å². The lowest BCUT2D eigenvalue weighted by Gasteiger charge is -2.38. The van der Waals surface area contributed by atoms with Crippen LogP contribution in [0.4, 0.5) is 46.3 Å². The highest BCUT2D eigenvalue weighted by Crippen LogP contribution is 2.41. The van der Waals surface area contributed by atoms with E-state index in [9.17, 15) is 4.79 Å². The van der Waals surface area contributed by atoms with Crippen LogP contribution in [0.2, 0.25) is 0 Å². The average Bonchev–Trinajstić information content (AvgIpc) is 4.11. The molecule has 5 atom stereocenters. The first-order chi connectivity index (χ1) is 37.0. The normalized spacial score (nSPS) is 24.3. The Kier molecular flexibility index (Phi) is 15.1. The van der Waals surface area contributed by atoms with Crippen molar-refractivity contribution in [2.75, 3.05) is 110 Å². The number of aromatic nitrogens is 8. The summed E-state index contributed by atoms with van der Waals surface area (Å²) in [4.78, 5) is 49.0. The molecule has 2 aromatic carbocycles. The van der Waals surface area contributed by atoms with E-state index in [2.05, 4.69) is 98.9 Å². The molecule has 12 rings (SSSR count). The van der Waals surface area contributed by atoms with Crippen LogP contribution < -0.4 is 36.4 Å². The first-order valence-corrected chi connectivity index (χ1v) is 28.0. The van der Waals surface area contributed by atoms with Crippen LogP contribution in [0.1, 0.15) is 102 Å². The molecule has 398 valence electrons. The number of nitrogens with zero attached hydrogens (tertiary/aromatic N) is 11. The van der Waals surface area contributed by atoms with E-state index in [1.807, 2.05) is 12.7 Å². The van der Waals surface area contributed by atoms with Gasteiger partial charge in [0.1, 0.15) is 12.5 Å². The second kappa shape index (κ2) is 22.9. The number of piperazine rings is 2. The van der Waals surface area contributed by atoms with Crippen LogP contribution in [0.3, 0.4) is 0 Å². The zero-order valence-electron chi connectivity index (χ0n) is 43.5. The van der Waals surface area contributed by atoms with Gasteiger partial charge in [0.2, 0.25) is 11.9 Å². The molecule has 6 aromatic rings. The highest BCUT2D eigenvalue weighted by atomic mass is 16.5. The first kappa shape index (κ1) is 49.5. The summed E-state index contributed by atoms with van der Waals surface area (Å²) in [6.07, 6.45) is 18.9. The lowest BCUT2D eigenvalue weighted by molar-refractivity contribution is -0.142. The van der Waals surface area contributed by atoms with Gasteiger partial charge in [-0.25, -0.2) is 9.97 Å². The molecule has 0 spiro atoms. The summed E-state index contributed by atoms with van der Waals surface area (Å²) >= 11 is 0. The molecule has 4 saturated heterocycles. The lowest BCUT2D eigenvalue weighted by Crippen LogP contribution is -2.48. The van der Waals surface area contributed by atoms with Crippen molar-refractivity contribution in [2.45, 2.75) is 114 Å². The second-order valence-electron chi connectivity index (χ2n) is 21.6. The van der Waals surface area contributed by atoms with Crippen molar-refractivity contribution < 1.29 is 19.0 Å². The van der Waals surface area contributed by atoms with E-state index in [4.69, 9.17) is 44.1 Å². The minimum absolute atomic E-state index is 0.113. The maximum absolute atomic E-state index is 11.8. The van der Waals surface area contributed by atoms with Crippen molar-refractivity contribution in [1.29, 1.82) is 0 Å². The molecule has 4 aliphatic heterocycles. The third-order valence-electron chi connectivity index (χ3n) is 16.6. The van der Waals surface area contributed by atoms with E-state index < -0.39 is 0 Å². The SMILES string of the molecule is COC(=O)CN1CCN(c2ccc(Nc3nc(NC4CCCC(C5CCC(n6cnc7c(NC8CCCCC8)nc(Nc8ccc(N9CCNCC9)cc8)nc76)OC5)C4)c4ncn(C5CCCCO5)c4n3)cc2)CC1. The molecule has 2 saturated carbocycles. The summed E-state index contributed by atoms with van der Waals surface area (Å²) in [5, 5.41) is 18.2. The predicted molar refractivity (Wildman–Crippen MR) is 292 cm³/mol. The lowest BCUT2D eigenvalue weighted by atomic mass is 9.75. The van der Waals surface area contributed by atoms with Gasteiger partial charge >= 0.3 is 5.97 Å². The topological polar surface area (TPSA) is 202 Å². The standard InChI is InChI=1S/C55H74N16O4/c1-73-47(72)33-67-27-29-69(30-28-67)44-20-16-41(17-21-44)62-55-64-51(49-52(65-55)70(35-57-49)45-12-5-6-31-74-45)60-42-11-7-8-37(32-42)38-13-22-46(75-34-38)71-36-58-48-50(59-39-9-3-2-4-10-39)63-54(66-53(48)71)61-40-14-18-43(19-15-40)68-25-23-56-24-26-68/h14-21,35-39,42,45-46,56H,2-13,22-34H2,1H3,(H2,59,61,63,66)(H2,60,62,64,65). The third kappa shape index (κ3) is 11.4. The van der Waals surface area contributed by atoms with Crippen LogP contribution in [0.25, 0.3) is 22.3 Å². The maximum Gasteiger partial charge on any atom is 0.319 e. The van der Waals surface area contributed by atoms with Gasteiger partial charge in [-0.15, -0.1) is 0 Å². The van der Waals surface area contributed by atoms with Gasteiger partial charge in [-0.2, -0.15) is 19.9 Å². The molecule has 5 unspecified atom stereocenters. The number of nitrogens with one attached hydrogen (secondary N) is 5. The molecule has 0 amide bonds. The molecule has 0 radical (unpaired) electrons. The van der Waals surface area contributed by atoms with E-state index in [0.29, 0.717) is 42.9 Å². The fourth-order valence-corrected chi connectivity index (χ4v) is 12.4. The van der Waals surface area contributed by atoms with Crippen molar-refractivity contribution in [3.8, 4) is 0 Å². The number of ether oxygens (including phenoxy) is 3. The highest BCUT2D eigenvalue weighted by Gasteiger charge is 2.35. The molecule has 5 N–H and O–H groups in total. The summed E-state index contributed by atoms with van der Waals surface area (Å²) in [5.41, 5.74) is 7.33. The molecule has 0 bridgehead atoms. The summed E-state index contributed by atoms with van der Waals surface area (Å²) < 4.78 is 22.2. The molecule has 20 nitrogen and oxygen atoms in total. The number of fused-ring (bicyclic) bond motifs is 2. The van der Waals surface area contributed by atoms with Gasteiger partial charge in [-0.3, -0.25) is 18.8 Å². The smallest absolute Gasteiger partial charge is 0.319 e. The van der Waals surface area contributed by atoms with Gasteiger partial charge in [0, 0.05) is 93.8 Å². The van der Waals surface area contributed by atoms with E-state index in [1.165, 1.54) is 38.5 Å². The van der Waals surface area contributed by atoms with Crippen LogP contribution in [-0.2, 0) is 19.0 Å². The number of anilines is 8. The van der Waals surface area contributed by atoms with Gasteiger partial charge < -0.3 is 50.6 Å². The molecule has 6 aliphatic rings. The molecule has 4 aromatic heterocycles. The highest BCUT2D eigenvalue weighted by molar-refractivity contribution is 5.86. The van der Waals surface area contributed by atoms with Crippen molar-refractivity contribution in [1.82, 2.24) is 49.3 Å². The van der Waals surface area contributed by atoms with Gasteiger partial charge in [-0.05, 0) is 125 Å². The third-order valence-corrected chi connectivity index (χ3v) is 16.6. The molecule has 8 heterocycles. The van der Waals surface area contributed by atoms with Crippen LogP contribution in [0.5, 0.6) is 0 Å². The summed E-state index contributed by atoms with van der Waals surface area (Å²) in [7, 11) is 1.44. The van der Waals surface area contributed by atoms with E-state index in [-0.39, 0.29) is 24.5 Å². The number of carbonyl (C=O) groups excluding carboxylic acids is 1. The second-order valence-corrected chi connectivity index (χ2v) is 21.6. The number of methoxy groups -OCH3 is 1. The Labute approximate surface area is 439 Å². The first-order valence-electron chi connectivity index (χ1n) is 28.0. The zero-order chi connectivity index (χ0) is 50.5. The Morgan fingerprint density at radius 3 is 1.79 bits per heavy atom. The molecular weight excluding hydrogens is 949 g/mol. The van der Waals surface area contributed by atoms with Gasteiger partial charge in [0.05, 0.1) is 32.9 Å². The van der Waals surface area contributed by atoms with E-state index in [0.717, 1.165) is 174 Å². The van der Waals surface area contributed by atoms with E-state index in [1.54, 1.807) is 0 Å². The molecule has 6 fully saturated rings. The summed E-state index contributed by atoms with van der Waals surface area (Å²) in [5.74, 6) is 3.36. The number of esters is 1. The fraction of sp³-hybridized carbons (Fsp3) is 0.582. The quantitative estimate of drug-likeness (QED) is 0.0616. The molecule has 20 heteroatoms. The number of benzene rings is 2. The van der Waals surface area contributed by atoms with Crippen molar-refractivity contribution >= 4 is 74.6 Å². The average molecular weight is 1020 g/mol. The van der Waals surface area contributed by atoms with Gasteiger partial charge in [0.25, 0.3) is 0 Å². The van der Waals surface area contributed by atoms with Gasteiger partial charge in [0.15, 0.2) is 34.0 Å². The van der Waals surface area contributed by atoms with Crippen molar-refractivity contribution in [3.63, 3.8) is 0 Å². The van der Waals surface area contributed by atoms with Crippen molar-refractivity contribution in [3.05, 3.63) is 61.2 Å². The number of imidazole rings is 2. The Morgan fingerprint density at radius 1 is 0.613 bits per heavy atom. The monoisotopic (exact) mass is 1020 g/mol.